The molecule has 164 valence electrons. The zero-order chi connectivity index (χ0) is 22.8. The lowest BCUT2D eigenvalue weighted by Crippen LogP contribution is -2.47. The van der Waals surface area contributed by atoms with Crippen molar-refractivity contribution in [2.75, 3.05) is 12.0 Å². The zero-order valence-corrected chi connectivity index (χ0v) is 18.8. The molecule has 6 heteroatoms. The molecule has 0 N–H and O–H groups in total. The summed E-state index contributed by atoms with van der Waals surface area (Å²) in [7, 11) is 1.56. The first-order valence-corrected chi connectivity index (χ1v) is 10.5. The van der Waals surface area contributed by atoms with Crippen LogP contribution in [0.25, 0.3) is 0 Å². The third-order valence-corrected chi connectivity index (χ3v) is 5.46. The Kier molecular flexibility index (Phi) is 6.48. The van der Waals surface area contributed by atoms with Crippen molar-refractivity contribution in [1.29, 1.82) is 0 Å². The summed E-state index contributed by atoms with van der Waals surface area (Å²) in [5, 5.41) is 0. The minimum Gasteiger partial charge on any atom is -0.497 e. The Labute approximate surface area is 183 Å². The molecular formula is C25H30N2O4. The molecule has 0 saturated carbocycles. The zero-order valence-electron chi connectivity index (χ0n) is 18.8. The van der Waals surface area contributed by atoms with Gasteiger partial charge in [0.2, 0.25) is 11.8 Å². The van der Waals surface area contributed by atoms with Crippen molar-refractivity contribution in [2.45, 2.75) is 52.6 Å². The van der Waals surface area contributed by atoms with E-state index in [-0.39, 0.29) is 42.0 Å². The molecule has 1 aliphatic rings. The van der Waals surface area contributed by atoms with Crippen LogP contribution < -0.4 is 9.64 Å². The number of carbonyl (C=O) groups is 3. The molecule has 0 radical (unpaired) electrons. The molecule has 1 fully saturated rings. The summed E-state index contributed by atoms with van der Waals surface area (Å²) in [6.45, 7) is 7.87. The lowest BCUT2D eigenvalue weighted by Gasteiger charge is -2.35. The molecule has 3 amide bonds. The Morgan fingerprint density at radius 1 is 1.10 bits per heavy atom. The summed E-state index contributed by atoms with van der Waals surface area (Å²) < 4.78 is 5.16. The van der Waals surface area contributed by atoms with Crippen LogP contribution in [0.5, 0.6) is 5.75 Å². The van der Waals surface area contributed by atoms with Gasteiger partial charge in [-0.3, -0.25) is 14.4 Å². The Balaban J connectivity index is 1.95. The van der Waals surface area contributed by atoms with Crippen LogP contribution in [0.3, 0.4) is 0 Å². The van der Waals surface area contributed by atoms with Gasteiger partial charge in [-0.05, 0) is 42.2 Å². The summed E-state index contributed by atoms with van der Waals surface area (Å²) >= 11 is 0. The van der Waals surface area contributed by atoms with Gasteiger partial charge in [0.25, 0.3) is 5.91 Å². The van der Waals surface area contributed by atoms with Gasteiger partial charge in [0.1, 0.15) is 11.8 Å². The summed E-state index contributed by atoms with van der Waals surface area (Å²) in [4.78, 5) is 42.4. The third-order valence-electron chi connectivity index (χ3n) is 5.46. The lowest BCUT2D eigenvalue weighted by molar-refractivity contribution is -0.142. The minimum atomic E-state index is -0.834. The number of hydrogen-bond acceptors (Lipinski definition) is 4. The highest BCUT2D eigenvalue weighted by molar-refractivity contribution is 6.23. The van der Waals surface area contributed by atoms with Crippen LogP contribution in [0.15, 0.2) is 54.6 Å². The van der Waals surface area contributed by atoms with E-state index in [1.54, 1.807) is 36.3 Å². The number of methoxy groups -OCH3 is 1. The molecule has 0 aliphatic carbocycles. The van der Waals surface area contributed by atoms with Crippen LogP contribution in [0, 0.1) is 5.41 Å². The lowest BCUT2D eigenvalue weighted by atomic mass is 9.90. The molecule has 2 aromatic carbocycles. The van der Waals surface area contributed by atoms with Gasteiger partial charge in [-0.15, -0.1) is 0 Å². The Morgan fingerprint density at radius 2 is 1.71 bits per heavy atom. The summed E-state index contributed by atoms with van der Waals surface area (Å²) in [5.74, 6) is -0.181. The van der Waals surface area contributed by atoms with Crippen LogP contribution in [0.2, 0.25) is 0 Å². The van der Waals surface area contributed by atoms with Gasteiger partial charge in [-0.25, -0.2) is 4.90 Å². The average Bonchev–Trinajstić information content (AvgIpc) is 3.01. The Hall–Kier alpha value is -3.15. The number of anilines is 1. The molecule has 1 saturated heterocycles. The minimum absolute atomic E-state index is 0.0298. The second kappa shape index (κ2) is 8.92. The topological polar surface area (TPSA) is 66.9 Å². The molecule has 2 unspecified atom stereocenters. The van der Waals surface area contributed by atoms with Crippen LogP contribution in [0.1, 0.15) is 52.1 Å². The predicted octanol–water partition coefficient (Wildman–Crippen LogP) is 4.35. The first-order chi connectivity index (χ1) is 14.6. The van der Waals surface area contributed by atoms with Gasteiger partial charge in [0.15, 0.2) is 0 Å². The van der Waals surface area contributed by atoms with E-state index in [1.165, 1.54) is 4.90 Å². The predicted molar refractivity (Wildman–Crippen MR) is 120 cm³/mol. The number of ether oxygens (including phenoxy) is 1. The summed E-state index contributed by atoms with van der Waals surface area (Å²) in [5.41, 5.74) is 1.16. The molecule has 3 rings (SSSR count). The van der Waals surface area contributed by atoms with Crippen molar-refractivity contribution in [3.8, 4) is 5.75 Å². The van der Waals surface area contributed by atoms with Crippen LogP contribution >= 0.6 is 0 Å². The maximum absolute atomic E-state index is 13.4. The fraction of sp³-hybridized carbons (Fsp3) is 0.400. The monoisotopic (exact) mass is 422 g/mol. The largest absolute Gasteiger partial charge is 0.497 e. The fourth-order valence-corrected chi connectivity index (χ4v) is 3.93. The molecule has 0 spiro atoms. The highest BCUT2D eigenvalue weighted by atomic mass is 16.5. The molecule has 1 heterocycles. The van der Waals surface area contributed by atoms with Crippen molar-refractivity contribution in [1.82, 2.24) is 4.90 Å². The average molecular weight is 423 g/mol. The number of hydrogen-bond donors (Lipinski definition) is 0. The van der Waals surface area contributed by atoms with Crippen molar-refractivity contribution in [3.05, 3.63) is 60.2 Å². The van der Waals surface area contributed by atoms with Gasteiger partial charge in [0, 0.05) is 6.42 Å². The molecule has 1 aliphatic heterocycles. The van der Waals surface area contributed by atoms with Gasteiger partial charge in [0.05, 0.1) is 25.3 Å². The Bertz CT molecular complexity index is 948. The molecule has 31 heavy (non-hydrogen) atoms. The number of nitrogens with zero attached hydrogens (tertiary/aromatic N) is 2. The second-order valence-corrected chi connectivity index (χ2v) is 9.11. The molecule has 2 aromatic rings. The van der Waals surface area contributed by atoms with E-state index >= 15 is 0 Å². The van der Waals surface area contributed by atoms with E-state index in [2.05, 4.69) is 0 Å². The van der Waals surface area contributed by atoms with Gasteiger partial charge in [-0.2, -0.15) is 0 Å². The number of imide groups is 1. The van der Waals surface area contributed by atoms with Crippen molar-refractivity contribution in [3.63, 3.8) is 0 Å². The Morgan fingerprint density at radius 3 is 2.26 bits per heavy atom. The second-order valence-electron chi connectivity index (χ2n) is 9.11. The first-order valence-electron chi connectivity index (χ1n) is 10.5. The standard InChI is InChI=1S/C25H30N2O4/c1-17(18-9-7-6-8-10-18)26(23(29)16-25(2,3)4)21-15-22(28)27(24(21)30)19-11-13-20(31-5)14-12-19/h6-14,17,21H,15-16H2,1-5H3. The van der Waals surface area contributed by atoms with E-state index in [4.69, 9.17) is 4.74 Å². The van der Waals surface area contributed by atoms with E-state index in [0.29, 0.717) is 11.4 Å². The number of amides is 3. The fourth-order valence-electron chi connectivity index (χ4n) is 3.93. The quantitative estimate of drug-likeness (QED) is 0.649. The number of rotatable bonds is 6. The first kappa shape index (κ1) is 22.5. The van der Waals surface area contributed by atoms with Crippen LogP contribution in [0.4, 0.5) is 5.69 Å². The van der Waals surface area contributed by atoms with E-state index in [9.17, 15) is 14.4 Å². The molecule has 2 atom stereocenters. The number of benzene rings is 2. The maximum Gasteiger partial charge on any atom is 0.257 e. The summed E-state index contributed by atoms with van der Waals surface area (Å²) in [6.07, 6.45) is 0.253. The highest BCUT2D eigenvalue weighted by Gasteiger charge is 2.46. The van der Waals surface area contributed by atoms with E-state index in [1.807, 2.05) is 58.0 Å². The smallest absolute Gasteiger partial charge is 0.257 e. The van der Waals surface area contributed by atoms with Crippen molar-refractivity contribution in [2.24, 2.45) is 5.41 Å². The molecular weight excluding hydrogens is 392 g/mol. The van der Waals surface area contributed by atoms with Gasteiger partial charge in [-0.1, -0.05) is 51.1 Å². The summed E-state index contributed by atoms with van der Waals surface area (Å²) in [6, 6.07) is 15.2. The van der Waals surface area contributed by atoms with E-state index < -0.39 is 6.04 Å². The van der Waals surface area contributed by atoms with Crippen LogP contribution in [-0.2, 0) is 14.4 Å². The number of carbonyl (C=O) groups excluding carboxylic acids is 3. The normalized spacial score (nSPS) is 17.6. The van der Waals surface area contributed by atoms with Crippen molar-refractivity contribution >= 4 is 23.4 Å². The maximum atomic E-state index is 13.4. The molecule has 6 nitrogen and oxygen atoms in total. The van der Waals surface area contributed by atoms with Gasteiger partial charge >= 0.3 is 0 Å². The van der Waals surface area contributed by atoms with Crippen LogP contribution in [-0.4, -0.2) is 35.8 Å². The van der Waals surface area contributed by atoms with Crippen molar-refractivity contribution < 1.29 is 19.1 Å². The molecule has 0 aromatic heterocycles. The molecule has 0 bridgehead atoms. The van der Waals surface area contributed by atoms with E-state index in [0.717, 1.165) is 5.56 Å². The highest BCUT2D eigenvalue weighted by Crippen LogP contribution is 2.34. The third kappa shape index (κ3) is 4.95. The van der Waals surface area contributed by atoms with Gasteiger partial charge < -0.3 is 9.64 Å². The SMILES string of the molecule is COc1ccc(N2C(=O)CC(N(C(=O)CC(C)(C)C)C(C)c3ccccc3)C2=O)cc1.